The normalized spacial score (nSPS) is 23.1. The number of nitrogens with zero attached hydrogens (tertiary/aromatic N) is 2. The molecule has 0 saturated carbocycles. The maximum absolute atomic E-state index is 11.9. The van der Waals surface area contributed by atoms with Gasteiger partial charge in [-0.15, -0.1) is 0 Å². The molecule has 1 atom stereocenters. The van der Waals surface area contributed by atoms with E-state index in [1.165, 1.54) is 32.4 Å². The van der Waals surface area contributed by atoms with Gasteiger partial charge in [0.2, 0.25) is 0 Å². The third kappa shape index (κ3) is 4.16. The lowest BCUT2D eigenvalue weighted by Crippen LogP contribution is -2.45. The van der Waals surface area contributed by atoms with Crippen LogP contribution in [0.3, 0.4) is 0 Å². The van der Waals surface area contributed by atoms with E-state index in [0.717, 1.165) is 39.0 Å². The summed E-state index contributed by atoms with van der Waals surface area (Å²) >= 11 is 0. The highest BCUT2D eigenvalue weighted by Crippen LogP contribution is 2.11. The van der Waals surface area contributed by atoms with Crippen molar-refractivity contribution in [3.63, 3.8) is 0 Å². The van der Waals surface area contributed by atoms with Gasteiger partial charge in [0.1, 0.15) is 0 Å². The predicted molar refractivity (Wildman–Crippen MR) is 73.7 cm³/mol. The summed E-state index contributed by atoms with van der Waals surface area (Å²) in [4.78, 5) is 16.4. The van der Waals surface area contributed by atoms with E-state index >= 15 is 0 Å². The van der Waals surface area contributed by atoms with Crippen LogP contribution in [0.15, 0.2) is 0 Å². The molecule has 2 amide bonds. The summed E-state index contributed by atoms with van der Waals surface area (Å²) in [5.41, 5.74) is 0. The Balaban J connectivity index is 1.61. The Morgan fingerprint density at radius 1 is 1.06 bits per heavy atom. The molecule has 0 radical (unpaired) electrons. The van der Waals surface area contributed by atoms with Crippen LogP contribution in [0, 0.1) is 5.92 Å². The van der Waals surface area contributed by atoms with Crippen molar-refractivity contribution in [2.75, 3.05) is 39.3 Å². The predicted octanol–water partition coefficient (Wildman–Crippen LogP) is 1.91. The van der Waals surface area contributed by atoms with Crippen LogP contribution in [0.4, 0.5) is 4.79 Å². The molecule has 0 aromatic heterocycles. The van der Waals surface area contributed by atoms with Crippen molar-refractivity contribution in [1.29, 1.82) is 0 Å². The minimum Gasteiger partial charge on any atom is -0.338 e. The van der Waals surface area contributed by atoms with Gasteiger partial charge in [-0.1, -0.05) is 6.92 Å². The second-order valence-electron chi connectivity index (χ2n) is 5.85. The largest absolute Gasteiger partial charge is 0.338 e. The highest BCUT2D eigenvalue weighted by atomic mass is 16.2. The van der Waals surface area contributed by atoms with Gasteiger partial charge < -0.3 is 15.1 Å². The Bertz CT molecular complexity index is 258. The van der Waals surface area contributed by atoms with Crippen molar-refractivity contribution >= 4 is 6.03 Å². The van der Waals surface area contributed by atoms with E-state index < -0.39 is 0 Å². The summed E-state index contributed by atoms with van der Waals surface area (Å²) in [5.74, 6) is 0.553. The molecule has 2 saturated heterocycles. The van der Waals surface area contributed by atoms with Gasteiger partial charge in [0.05, 0.1) is 0 Å². The number of carbonyl (C=O) groups excluding carboxylic acids is 1. The van der Waals surface area contributed by atoms with Crippen LogP contribution in [0.5, 0.6) is 0 Å². The summed E-state index contributed by atoms with van der Waals surface area (Å²) in [6.07, 6.45) is 6.28. The van der Waals surface area contributed by atoms with Crippen LogP contribution in [0.1, 0.15) is 39.0 Å². The molecule has 1 N–H and O–H groups in total. The summed E-state index contributed by atoms with van der Waals surface area (Å²) < 4.78 is 0. The fraction of sp³-hybridized carbons (Fsp3) is 0.929. The molecule has 2 heterocycles. The van der Waals surface area contributed by atoms with Crippen molar-refractivity contribution < 1.29 is 4.79 Å². The number of nitrogens with one attached hydrogen (secondary N) is 1. The van der Waals surface area contributed by atoms with Crippen LogP contribution < -0.4 is 5.32 Å². The maximum atomic E-state index is 11.9. The van der Waals surface area contributed by atoms with E-state index in [9.17, 15) is 4.79 Å². The molecule has 0 spiro atoms. The summed E-state index contributed by atoms with van der Waals surface area (Å²) in [6.45, 7) is 8.52. The molecule has 4 nitrogen and oxygen atoms in total. The Morgan fingerprint density at radius 3 is 2.33 bits per heavy atom. The standard InChI is InChI=1S/C14H27N3O/c1-13(12-16-7-5-6-8-16)11-15-14(18)17-9-3-2-4-10-17/h13H,2-12H2,1H3,(H,15,18). The molecule has 2 fully saturated rings. The van der Waals surface area contributed by atoms with E-state index in [4.69, 9.17) is 0 Å². The minimum atomic E-state index is 0.142. The molecule has 18 heavy (non-hydrogen) atoms. The smallest absolute Gasteiger partial charge is 0.317 e. The molecular weight excluding hydrogens is 226 g/mol. The lowest BCUT2D eigenvalue weighted by atomic mass is 10.1. The number of urea groups is 1. The number of likely N-dealkylation sites (tertiary alicyclic amines) is 2. The fourth-order valence-electron chi connectivity index (χ4n) is 2.94. The molecule has 0 bridgehead atoms. The summed E-state index contributed by atoms with van der Waals surface area (Å²) in [6, 6.07) is 0.142. The fourth-order valence-corrected chi connectivity index (χ4v) is 2.94. The van der Waals surface area contributed by atoms with Gasteiger partial charge in [-0.3, -0.25) is 0 Å². The van der Waals surface area contributed by atoms with Gasteiger partial charge in [0.25, 0.3) is 0 Å². The first-order chi connectivity index (χ1) is 8.75. The number of hydrogen-bond donors (Lipinski definition) is 1. The van der Waals surface area contributed by atoms with Crippen molar-refractivity contribution in [3.05, 3.63) is 0 Å². The zero-order valence-electron chi connectivity index (χ0n) is 11.7. The first-order valence-electron chi connectivity index (χ1n) is 7.51. The molecule has 1 unspecified atom stereocenters. The first kappa shape index (κ1) is 13.7. The maximum Gasteiger partial charge on any atom is 0.317 e. The lowest BCUT2D eigenvalue weighted by Gasteiger charge is -2.28. The third-order valence-corrected chi connectivity index (χ3v) is 4.01. The second-order valence-corrected chi connectivity index (χ2v) is 5.85. The highest BCUT2D eigenvalue weighted by Gasteiger charge is 2.18. The number of piperidine rings is 1. The quantitative estimate of drug-likeness (QED) is 0.831. The Hall–Kier alpha value is -0.770. The molecule has 2 aliphatic rings. The number of amides is 2. The van der Waals surface area contributed by atoms with Crippen molar-refractivity contribution in [3.8, 4) is 0 Å². The van der Waals surface area contributed by atoms with Gasteiger partial charge in [-0.05, 0) is 51.1 Å². The van der Waals surface area contributed by atoms with Gasteiger partial charge in [0.15, 0.2) is 0 Å². The number of hydrogen-bond acceptors (Lipinski definition) is 2. The molecule has 0 aromatic carbocycles. The Labute approximate surface area is 111 Å². The molecule has 0 aliphatic carbocycles. The van der Waals surface area contributed by atoms with Gasteiger partial charge >= 0.3 is 6.03 Å². The number of rotatable bonds is 4. The minimum absolute atomic E-state index is 0.142. The molecule has 4 heteroatoms. The summed E-state index contributed by atoms with van der Waals surface area (Å²) in [7, 11) is 0. The molecule has 2 rings (SSSR count). The van der Waals surface area contributed by atoms with Gasteiger partial charge in [0, 0.05) is 26.2 Å². The van der Waals surface area contributed by atoms with Crippen LogP contribution in [0.2, 0.25) is 0 Å². The van der Waals surface area contributed by atoms with E-state index in [-0.39, 0.29) is 6.03 Å². The van der Waals surface area contributed by atoms with Crippen LogP contribution >= 0.6 is 0 Å². The zero-order chi connectivity index (χ0) is 12.8. The van der Waals surface area contributed by atoms with Gasteiger partial charge in [-0.2, -0.15) is 0 Å². The highest BCUT2D eigenvalue weighted by molar-refractivity contribution is 5.74. The number of carbonyl (C=O) groups is 1. The van der Waals surface area contributed by atoms with Gasteiger partial charge in [-0.25, -0.2) is 4.79 Å². The van der Waals surface area contributed by atoms with E-state index in [1.807, 2.05) is 4.90 Å². The monoisotopic (exact) mass is 253 g/mol. The van der Waals surface area contributed by atoms with Crippen LogP contribution in [0.25, 0.3) is 0 Å². The van der Waals surface area contributed by atoms with E-state index in [2.05, 4.69) is 17.1 Å². The Morgan fingerprint density at radius 2 is 1.67 bits per heavy atom. The molecule has 0 aromatic rings. The molecule has 2 aliphatic heterocycles. The van der Waals surface area contributed by atoms with Crippen molar-refractivity contribution in [2.45, 2.75) is 39.0 Å². The average molecular weight is 253 g/mol. The van der Waals surface area contributed by atoms with E-state index in [0.29, 0.717) is 5.92 Å². The average Bonchev–Trinajstić information content (AvgIpc) is 2.90. The zero-order valence-corrected chi connectivity index (χ0v) is 11.7. The third-order valence-electron chi connectivity index (χ3n) is 4.01. The summed E-state index contributed by atoms with van der Waals surface area (Å²) in [5, 5.41) is 3.09. The van der Waals surface area contributed by atoms with E-state index in [1.54, 1.807) is 0 Å². The first-order valence-corrected chi connectivity index (χ1v) is 7.51. The lowest BCUT2D eigenvalue weighted by molar-refractivity contribution is 0.183. The topological polar surface area (TPSA) is 35.6 Å². The Kier molecular flexibility index (Phi) is 5.29. The second kappa shape index (κ2) is 6.98. The molecular formula is C14H27N3O. The van der Waals surface area contributed by atoms with Crippen LogP contribution in [-0.2, 0) is 0 Å². The molecule has 104 valence electrons. The van der Waals surface area contributed by atoms with Crippen LogP contribution in [-0.4, -0.2) is 55.1 Å². The van der Waals surface area contributed by atoms with Crippen molar-refractivity contribution in [1.82, 2.24) is 15.1 Å². The SMILES string of the molecule is CC(CNC(=O)N1CCCCC1)CN1CCCC1. The van der Waals surface area contributed by atoms with Crippen molar-refractivity contribution in [2.24, 2.45) is 5.92 Å².